The Morgan fingerprint density at radius 2 is 1.73 bits per heavy atom. The summed E-state index contributed by atoms with van der Waals surface area (Å²) >= 11 is 0. The van der Waals surface area contributed by atoms with Gasteiger partial charge >= 0.3 is 6.18 Å². The standard InChI is InChI=1S/C14H9F3N2O2S/c15-14(16,17)12-6-1-2-7-13(12)22(20,21)19-11-5-3-4-10(8-11)9-18/h1-8,19H. The predicted molar refractivity (Wildman–Crippen MR) is 73.4 cm³/mol. The number of alkyl halides is 3. The van der Waals surface area contributed by atoms with Crippen LogP contribution in [0.2, 0.25) is 0 Å². The van der Waals surface area contributed by atoms with Crippen molar-refractivity contribution in [3.63, 3.8) is 0 Å². The molecule has 0 bridgehead atoms. The van der Waals surface area contributed by atoms with E-state index in [0.29, 0.717) is 6.07 Å². The largest absolute Gasteiger partial charge is 0.417 e. The minimum absolute atomic E-state index is 0.0102. The number of hydrogen-bond acceptors (Lipinski definition) is 3. The van der Waals surface area contributed by atoms with Gasteiger partial charge in [-0.05, 0) is 30.3 Å². The maximum Gasteiger partial charge on any atom is 0.417 e. The molecule has 0 aliphatic heterocycles. The fourth-order valence-electron chi connectivity index (χ4n) is 1.80. The molecule has 8 heteroatoms. The van der Waals surface area contributed by atoms with Crippen molar-refractivity contribution in [2.75, 3.05) is 4.72 Å². The number of nitrogens with one attached hydrogen (secondary N) is 1. The molecule has 0 radical (unpaired) electrons. The van der Waals surface area contributed by atoms with Crippen molar-refractivity contribution in [3.8, 4) is 6.07 Å². The van der Waals surface area contributed by atoms with Gasteiger partial charge in [0.25, 0.3) is 10.0 Å². The number of halogens is 3. The third-order valence-corrected chi connectivity index (χ3v) is 4.17. The SMILES string of the molecule is N#Cc1cccc(NS(=O)(=O)c2ccccc2C(F)(F)F)c1. The average Bonchev–Trinajstić information content (AvgIpc) is 2.46. The molecule has 114 valence electrons. The van der Waals surface area contributed by atoms with Crippen LogP contribution in [0.1, 0.15) is 11.1 Å². The maximum atomic E-state index is 12.9. The third kappa shape index (κ3) is 3.38. The van der Waals surface area contributed by atoms with Crippen LogP contribution in [-0.4, -0.2) is 8.42 Å². The molecule has 2 rings (SSSR count). The van der Waals surface area contributed by atoms with Crippen LogP contribution >= 0.6 is 0 Å². The lowest BCUT2D eigenvalue weighted by atomic mass is 10.2. The normalized spacial score (nSPS) is 11.7. The van der Waals surface area contributed by atoms with Crippen LogP contribution in [0.25, 0.3) is 0 Å². The second-order valence-corrected chi connectivity index (χ2v) is 5.94. The van der Waals surface area contributed by atoms with Gasteiger partial charge in [0, 0.05) is 0 Å². The van der Waals surface area contributed by atoms with Gasteiger partial charge in [0.1, 0.15) is 0 Å². The van der Waals surface area contributed by atoms with E-state index in [1.54, 1.807) is 0 Å². The highest BCUT2D eigenvalue weighted by Crippen LogP contribution is 2.34. The smallest absolute Gasteiger partial charge is 0.280 e. The van der Waals surface area contributed by atoms with Crippen LogP contribution in [0.4, 0.5) is 18.9 Å². The van der Waals surface area contributed by atoms with E-state index in [9.17, 15) is 21.6 Å². The highest BCUT2D eigenvalue weighted by molar-refractivity contribution is 7.92. The molecule has 0 unspecified atom stereocenters. The topological polar surface area (TPSA) is 70.0 Å². The molecule has 0 aliphatic rings. The van der Waals surface area contributed by atoms with E-state index in [2.05, 4.69) is 0 Å². The van der Waals surface area contributed by atoms with Crippen LogP contribution in [0, 0.1) is 11.3 Å². The zero-order valence-corrected chi connectivity index (χ0v) is 11.7. The Balaban J connectivity index is 2.46. The van der Waals surface area contributed by atoms with Gasteiger partial charge in [0.05, 0.1) is 27.8 Å². The zero-order valence-electron chi connectivity index (χ0n) is 10.9. The molecule has 2 aromatic rings. The van der Waals surface area contributed by atoms with E-state index >= 15 is 0 Å². The highest BCUT2D eigenvalue weighted by Gasteiger charge is 2.36. The zero-order chi connectivity index (χ0) is 16.4. The van der Waals surface area contributed by atoms with Crippen molar-refractivity contribution in [1.29, 1.82) is 5.26 Å². The molecule has 0 aliphatic carbocycles. The lowest BCUT2D eigenvalue weighted by molar-refractivity contribution is -0.139. The second-order valence-electron chi connectivity index (χ2n) is 4.29. The first-order chi connectivity index (χ1) is 10.2. The van der Waals surface area contributed by atoms with Gasteiger partial charge in [-0.25, -0.2) is 8.42 Å². The molecular weight excluding hydrogens is 317 g/mol. The van der Waals surface area contributed by atoms with E-state index in [0.717, 1.165) is 12.1 Å². The molecular formula is C14H9F3N2O2S. The van der Waals surface area contributed by atoms with Crippen LogP contribution in [-0.2, 0) is 16.2 Å². The van der Waals surface area contributed by atoms with Gasteiger partial charge in [-0.3, -0.25) is 4.72 Å². The molecule has 4 nitrogen and oxygen atoms in total. The van der Waals surface area contributed by atoms with Crippen molar-refractivity contribution < 1.29 is 21.6 Å². The van der Waals surface area contributed by atoms with Crippen molar-refractivity contribution >= 4 is 15.7 Å². The fraction of sp³-hybridized carbons (Fsp3) is 0.0714. The minimum atomic E-state index is -4.79. The van der Waals surface area contributed by atoms with Gasteiger partial charge in [0.15, 0.2) is 0 Å². The van der Waals surface area contributed by atoms with E-state index < -0.39 is 26.7 Å². The summed E-state index contributed by atoms with van der Waals surface area (Å²) in [7, 11) is -4.43. The molecule has 1 N–H and O–H groups in total. The number of nitrogens with zero attached hydrogens (tertiary/aromatic N) is 1. The third-order valence-electron chi connectivity index (χ3n) is 2.73. The van der Waals surface area contributed by atoms with Gasteiger partial charge in [-0.15, -0.1) is 0 Å². The number of rotatable bonds is 3. The van der Waals surface area contributed by atoms with E-state index in [1.807, 2.05) is 10.8 Å². The Bertz CT molecular complexity index is 840. The Labute approximate surface area is 124 Å². The first-order valence-electron chi connectivity index (χ1n) is 5.93. The fourth-order valence-corrected chi connectivity index (χ4v) is 3.08. The minimum Gasteiger partial charge on any atom is -0.280 e. The van der Waals surface area contributed by atoms with Crippen molar-refractivity contribution in [2.24, 2.45) is 0 Å². The van der Waals surface area contributed by atoms with Crippen LogP contribution in [0.15, 0.2) is 53.4 Å². The number of anilines is 1. The van der Waals surface area contributed by atoms with Crippen molar-refractivity contribution in [1.82, 2.24) is 0 Å². The first kappa shape index (κ1) is 15.9. The number of nitriles is 1. The lowest BCUT2D eigenvalue weighted by Gasteiger charge is -2.14. The molecule has 0 fully saturated rings. The molecule has 0 saturated carbocycles. The Morgan fingerprint density at radius 3 is 2.36 bits per heavy atom. The van der Waals surface area contributed by atoms with Crippen molar-refractivity contribution in [3.05, 3.63) is 59.7 Å². The monoisotopic (exact) mass is 326 g/mol. The number of benzene rings is 2. The summed E-state index contributed by atoms with van der Waals surface area (Å²) in [6.07, 6.45) is -4.79. The summed E-state index contributed by atoms with van der Waals surface area (Å²) in [4.78, 5) is -0.870. The van der Waals surface area contributed by atoms with Gasteiger partial charge in [-0.2, -0.15) is 18.4 Å². The Hall–Kier alpha value is -2.53. The Kier molecular flexibility index (Phi) is 4.10. The van der Waals surface area contributed by atoms with Gasteiger partial charge in [0.2, 0.25) is 0 Å². The summed E-state index contributed by atoms with van der Waals surface area (Å²) in [5, 5.41) is 8.75. The molecule has 0 saturated heterocycles. The van der Waals surface area contributed by atoms with E-state index in [1.165, 1.54) is 30.3 Å². The summed E-state index contributed by atoms with van der Waals surface area (Å²) in [5.74, 6) is 0. The molecule has 0 atom stereocenters. The van der Waals surface area contributed by atoms with E-state index in [-0.39, 0.29) is 11.3 Å². The Morgan fingerprint density at radius 1 is 1.05 bits per heavy atom. The molecule has 0 amide bonds. The summed E-state index contributed by atoms with van der Waals surface area (Å²) < 4.78 is 65.1. The molecule has 0 heterocycles. The summed E-state index contributed by atoms with van der Waals surface area (Å²) in [6.45, 7) is 0. The molecule has 0 spiro atoms. The highest BCUT2D eigenvalue weighted by atomic mass is 32.2. The van der Waals surface area contributed by atoms with E-state index in [4.69, 9.17) is 5.26 Å². The number of sulfonamides is 1. The predicted octanol–water partition coefficient (Wildman–Crippen LogP) is 3.38. The quantitative estimate of drug-likeness (QED) is 0.940. The summed E-state index contributed by atoms with van der Waals surface area (Å²) in [6, 6.07) is 11.1. The summed E-state index contributed by atoms with van der Waals surface area (Å²) in [5.41, 5.74) is -1.06. The van der Waals surface area contributed by atoms with Gasteiger partial charge < -0.3 is 0 Å². The van der Waals surface area contributed by atoms with Crippen LogP contribution < -0.4 is 4.72 Å². The lowest BCUT2D eigenvalue weighted by Crippen LogP contribution is -2.18. The van der Waals surface area contributed by atoms with Crippen LogP contribution in [0.3, 0.4) is 0 Å². The molecule has 22 heavy (non-hydrogen) atoms. The van der Waals surface area contributed by atoms with Crippen LogP contribution in [0.5, 0.6) is 0 Å². The van der Waals surface area contributed by atoms with Gasteiger partial charge in [-0.1, -0.05) is 18.2 Å². The second kappa shape index (κ2) is 5.69. The molecule has 2 aromatic carbocycles. The van der Waals surface area contributed by atoms with Crippen molar-refractivity contribution in [2.45, 2.75) is 11.1 Å². The first-order valence-corrected chi connectivity index (χ1v) is 7.41. The average molecular weight is 326 g/mol. The maximum absolute atomic E-state index is 12.9. The molecule has 0 aromatic heterocycles. The number of hydrogen-bond donors (Lipinski definition) is 1.